The number of aromatic hydroxyl groups is 1. The predicted molar refractivity (Wildman–Crippen MR) is 78.5 cm³/mol. The second-order valence-electron chi connectivity index (χ2n) is 4.57. The molecule has 0 atom stereocenters. The van der Waals surface area contributed by atoms with Crippen LogP contribution in [0.5, 0.6) is 5.75 Å². The molecule has 2 aromatic carbocycles. The molecule has 0 saturated heterocycles. The van der Waals surface area contributed by atoms with Gasteiger partial charge < -0.3 is 10.2 Å². The van der Waals surface area contributed by atoms with Crippen molar-refractivity contribution < 1.29 is 15.0 Å². The van der Waals surface area contributed by atoms with Gasteiger partial charge in [0.1, 0.15) is 11.3 Å². The van der Waals surface area contributed by atoms with E-state index in [1.807, 2.05) is 30.3 Å². The van der Waals surface area contributed by atoms with Crippen LogP contribution in [0.1, 0.15) is 27.9 Å². The normalized spacial score (nSPS) is 10.4. The fraction of sp³-hybridized carbons (Fsp3) is 0.188. The molecule has 2 N–H and O–H groups in total. The summed E-state index contributed by atoms with van der Waals surface area (Å²) in [5, 5.41) is 19.1. The predicted octanol–water partition coefficient (Wildman–Crippen LogP) is 3.92. The lowest BCUT2D eigenvalue weighted by Crippen LogP contribution is -2.01. The zero-order valence-corrected chi connectivity index (χ0v) is 11.6. The smallest absolute Gasteiger partial charge is 0.341 e. The number of phenols is 1. The van der Waals surface area contributed by atoms with E-state index >= 15 is 0 Å². The van der Waals surface area contributed by atoms with Gasteiger partial charge in [-0.2, -0.15) is 0 Å². The van der Waals surface area contributed by atoms with E-state index in [0.717, 1.165) is 12.8 Å². The van der Waals surface area contributed by atoms with Gasteiger partial charge in [-0.15, -0.1) is 0 Å². The molecule has 2 rings (SSSR count). The van der Waals surface area contributed by atoms with Crippen LogP contribution >= 0.6 is 11.6 Å². The van der Waals surface area contributed by atoms with E-state index in [1.54, 1.807) is 6.07 Å². The van der Waals surface area contributed by atoms with E-state index in [1.165, 1.54) is 11.6 Å². The first-order chi connectivity index (χ1) is 9.59. The molecule has 0 aliphatic carbocycles. The number of hydrogen-bond donors (Lipinski definition) is 2. The van der Waals surface area contributed by atoms with Crippen LogP contribution in [0, 0.1) is 0 Å². The van der Waals surface area contributed by atoms with Gasteiger partial charge in [-0.1, -0.05) is 48.0 Å². The molecule has 0 aliphatic heterocycles. The fourth-order valence-corrected chi connectivity index (χ4v) is 2.38. The summed E-state index contributed by atoms with van der Waals surface area (Å²) in [6, 6.07) is 13.2. The van der Waals surface area contributed by atoms with Crippen LogP contribution in [0.3, 0.4) is 0 Å². The fourth-order valence-electron chi connectivity index (χ4n) is 2.14. The number of rotatable bonds is 5. The third-order valence-corrected chi connectivity index (χ3v) is 3.49. The van der Waals surface area contributed by atoms with E-state index in [4.69, 9.17) is 16.7 Å². The summed E-state index contributed by atoms with van der Waals surface area (Å²) in [5.74, 6) is -1.43. The summed E-state index contributed by atoms with van der Waals surface area (Å²) in [5.41, 5.74) is 1.62. The third kappa shape index (κ3) is 3.31. The molecule has 20 heavy (non-hydrogen) atoms. The number of halogens is 1. The maximum absolute atomic E-state index is 11.0. The molecule has 0 saturated carbocycles. The summed E-state index contributed by atoms with van der Waals surface area (Å²) in [7, 11) is 0. The molecule has 0 spiro atoms. The van der Waals surface area contributed by atoms with Crippen molar-refractivity contribution in [2.75, 3.05) is 0 Å². The first-order valence-electron chi connectivity index (χ1n) is 6.37. The Hall–Kier alpha value is -2.00. The lowest BCUT2D eigenvalue weighted by molar-refractivity contribution is 0.0693. The Bertz CT molecular complexity index is 609. The molecule has 3 nitrogen and oxygen atoms in total. The highest BCUT2D eigenvalue weighted by Crippen LogP contribution is 2.30. The van der Waals surface area contributed by atoms with Crippen molar-refractivity contribution in [3.8, 4) is 5.75 Å². The van der Waals surface area contributed by atoms with Crippen molar-refractivity contribution >= 4 is 17.6 Å². The number of hydrogen-bond acceptors (Lipinski definition) is 2. The number of carbonyl (C=O) groups is 1. The highest BCUT2D eigenvalue weighted by molar-refractivity contribution is 6.33. The van der Waals surface area contributed by atoms with Crippen molar-refractivity contribution in [2.45, 2.75) is 19.3 Å². The van der Waals surface area contributed by atoms with Crippen LogP contribution in [0.15, 0.2) is 42.5 Å². The molecule has 104 valence electrons. The van der Waals surface area contributed by atoms with Crippen molar-refractivity contribution in [3.05, 3.63) is 64.2 Å². The number of aromatic carboxylic acids is 1. The Balaban J connectivity index is 2.07. The first kappa shape index (κ1) is 14.4. The van der Waals surface area contributed by atoms with E-state index < -0.39 is 5.97 Å². The summed E-state index contributed by atoms with van der Waals surface area (Å²) in [6.07, 6.45) is 2.32. The summed E-state index contributed by atoms with van der Waals surface area (Å²) >= 11 is 5.79. The van der Waals surface area contributed by atoms with Crippen molar-refractivity contribution in [2.24, 2.45) is 0 Å². The maximum atomic E-state index is 11.0. The van der Waals surface area contributed by atoms with Gasteiger partial charge in [0.2, 0.25) is 0 Å². The maximum Gasteiger partial charge on any atom is 0.341 e. The van der Waals surface area contributed by atoms with Gasteiger partial charge >= 0.3 is 5.97 Å². The summed E-state index contributed by atoms with van der Waals surface area (Å²) in [6.45, 7) is 0. The number of carboxylic acid groups (broad SMARTS) is 1. The molecule has 0 fully saturated rings. The number of benzene rings is 2. The molecular formula is C16H15ClO3. The average Bonchev–Trinajstić information content (AvgIpc) is 2.42. The van der Waals surface area contributed by atoms with E-state index in [0.29, 0.717) is 12.0 Å². The number of carboxylic acids is 1. The molecule has 0 heterocycles. The zero-order chi connectivity index (χ0) is 14.5. The monoisotopic (exact) mass is 290 g/mol. The molecular weight excluding hydrogens is 276 g/mol. The summed E-state index contributed by atoms with van der Waals surface area (Å²) < 4.78 is 0. The highest BCUT2D eigenvalue weighted by atomic mass is 35.5. The van der Waals surface area contributed by atoms with Gasteiger partial charge in [-0.3, -0.25) is 0 Å². The van der Waals surface area contributed by atoms with Gasteiger partial charge in [-0.25, -0.2) is 4.79 Å². The van der Waals surface area contributed by atoms with Crippen LogP contribution < -0.4 is 0 Å². The van der Waals surface area contributed by atoms with Crippen molar-refractivity contribution in [1.82, 2.24) is 0 Å². The standard InChI is InChI=1S/C16H15ClO3/c17-13-10-9-12(15(18)14(13)16(19)20)8-4-7-11-5-2-1-3-6-11/h1-3,5-6,9-10,18H,4,7-8H2,(H,19,20). The molecule has 0 unspecified atom stereocenters. The van der Waals surface area contributed by atoms with Gasteiger partial charge in [-0.05, 0) is 36.5 Å². The quantitative estimate of drug-likeness (QED) is 0.877. The Labute approximate surface area is 122 Å². The van der Waals surface area contributed by atoms with Gasteiger partial charge in [0.05, 0.1) is 5.02 Å². The van der Waals surface area contributed by atoms with Crippen LogP contribution in [0.4, 0.5) is 0 Å². The van der Waals surface area contributed by atoms with Gasteiger partial charge in [0.15, 0.2) is 0 Å². The molecule has 2 aromatic rings. The van der Waals surface area contributed by atoms with Crippen molar-refractivity contribution in [3.63, 3.8) is 0 Å². The largest absolute Gasteiger partial charge is 0.507 e. The minimum atomic E-state index is -1.21. The van der Waals surface area contributed by atoms with Crippen molar-refractivity contribution in [1.29, 1.82) is 0 Å². The van der Waals surface area contributed by atoms with E-state index in [2.05, 4.69) is 0 Å². The molecule has 0 radical (unpaired) electrons. The summed E-state index contributed by atoms with van der Waals surface area (Å²) in [4.78, 5) is 11.0. The average molecular weight is 291 g/mol. The number of aryl methyl sites for hydroxylation is 2. The molecule has 4 heteroatoms. The topological polar surface area (TPSA) is 57.5 Å². The Morgan fingerprint density at radius 2 is 1.75 bits per heavy atom. The molecule has 0 aromatic heterocycles. The van der Waals surface area contributed by atoms with Crippen LogP contribution in [0.2, 0.25) is 5.02 Å². The minimum absolute atomic E-state index is 0.0572. The van der Waals surface area contributed by atoms with Crippen LogP contribution in [-0.4, -0.2) is 16.2 Å². The Morgan fingerprint density at radius 3 is 2.40 bits per heavy atom. The second kappa shape index (κ2) is 6.44. The third-order valence-electron chi connectivity index (χ3n) is 3.18. The second-order valence-corrected chi connectivity index (χ2v) is 4.98. The lowest BCUT2D eigenvalue weighted by atomic mass is 10.0. The Morgan fingerprint density at radius 1 is 1.05 bits per heavy atom. The van der Waals surface area contributed by atoms with Gasteiger partial charge in [0.25, 0.3) is 0 Å². The molecule has 0 amide bonds. The highest BCUT2D eigenvalue weighted by Gasteiger charge is 2.17. The first-order valence-corrected chi connectivity index (χ1v) is 6.75. The zero-order valence-electron chi connectivity index (χ0n) is 10.8. The van der Waals surface area contributed by atoms with Crippen LogP contribution in [-0.2, 0) is 12.8 Å². The Kier molecular flexibility index (Phi) is 4.64. The van der Waals surface area contributed by atoms with Crippen LogP contribution in [0.25, 0.3) is 0 Å². The SMILES string of the molecule is O=C(O)c1c(Cl)ccc(CCCc2ccccc2)c1O. The van der Waals surface area contributed by atoms with E-state index in [-0.39, 0.29) is 16.3 Å². The lowest BCUT2D eigenvalue weighted by Gasteiger charge is -2.09. The van der Waals surface area contributed by atoms with Gasteiger partial charge in [0, 0.05) is 0 Å². The molecule has 0 bridgehead atoms. The minimum Gasteiger partial charge on any atom is -0.507 e. The molecule has 0 aliphatic rings. The van der Waals surface area contributed by atoms with E-state index in [9.17, 15) is 9.90 Å².